The molecule has 1 heterocycles. The van der Waals surface area contributed by atoms with Crippen molar-refractivity contribution in [3.05, 3.63) is 108 Å². The first-order valence-electron chi connectivity index (χ1n) is 12.8. The van der Waals surface area contributed by atoms with Crippen LogP contribution in [0.3, 0.4) is 0 Å². The van der Waals surface area contributed by atoms with Crippen molar-refractivity contribution >= 4 is 36.1 Å². The molecule has 1 unspecified atom stereocenters. The molecular formula is C30H35ClN4OSi. The molecule has 0 saturated carbocycles. The molecule has 2 aliphatic rings. The number of rotatable bonds is 5. The van der Waals surface area contributed by atoms with E-state index in [1.54, 1.807) is 6.20 Å². The average Bonchev–Trinajstić information content (AvgIpc) is 2.90. The second kappa shape index (κ2) is 9.67. The summed E-state index contributed by atoms with van der Waals surface area (Å²) in [4.78, 5) is 4.58. The Hall–Kier alpha value is -3.06. The second-order valence-electron chi connectivity index (χ2n) is 10.9. The van der Waals surface area contributed by atoms with Gasteiger partial charge in [-0.1, -0.05) is 117 Å². The number of hydrogen-bond acceptors (Lipinski definition) is 5. The molecule has 7 heteroatoms. The Labute approximate surface area is 225 Å². The largest absolute Gasteiger partial charge is 0.400 e. The van der Waals surface area contributed by atoms with E-state index in [1.807, 2.05) is 0 Å². The molecule has 5 nitrogen and oxygen atoms in total. The smallest absolute Gasteiger partial charge is 0.261 e. The Morgan fingerprint density at radius 1 is 0.865 bits per heavy atom. The standard InChI is InChI=1S/C30H35ClN4OSi/c1-29(2,3)37(21-12-6-4-7-13-21,22-14-8-5-9-15-22)36-27-19-18-25(23-16-10-11-17-24(23)27)30(31)34-20-26(32)28(33)35-30/h4-17,20,25,27,34H,18-19,32H2,1-3H3,(H2,33,35)/t25-,27-,30?/m1/s1. The highest BCUT2D eigenvalue weighted by Crippen LogP contribution is 2.49. The summed E-state index contributed by atoms with van der Waals surface area (Å²) in [7, 11) is -2.73. The van der Waals surface area contributed by atoms with Gasteiger partial charge in [-0.2, -0.15) is 0 Å². The molecule has 37 heavy (non-hydrogen) atoms. The highest BCUT2D eigenvalue weighted by molar-refractivity contribution is 6.99. The molecule has 0 amide bonds. The summed E-state index contributed by atoms with van der Waals surface area (Å²) in [6.45, 7) is 6.93. The molecule has 3 aromatic rings. The molecule has 0 saturated heterocycles. The molecule has 1 aliphatic carbocycles. The van der Waals surface area contributed by atoms with Crippen molar-refractivity contribution in [2.45, 2.75) is 55.8 Å². The molecule has 0 fully saturated rings. The minimum atomic E-state index is -2.73. The predicted octanol–water partition coefficient (Wildman–Crippen LogP) is 4.83. The summed E-state index contributed by atoms with van der Waals surface area (Å²) in [5, 5.41) is 4.55. The fourth-order valence-corrected chi connectivity index (χ4v) is 10.9. The lowest BCUT2D eigenvalue weighted by Gasteiger charge is -2.47. The van der Waals surface area contributed by atoms with Gasteiger partial charge in [0.1, 0.15) is 5.84 Å². The number of halogens is 1. The van der Waals surface area contributed by atoms with Crippen LogP contribution in [0.15, 0.2) is 102 Å². The first-order chi connectivity index (χ1) is 17.7. The molecular weight excluding hydrogens is 496 g/mol. The van der Waals surface area contributed by atoms with Crippen molar-refractivity contribution < 1.29 is 4.43 Å². The fourth-order valence-electron chi connectivity index (χ4n) is 5.88. The monoisotopic (exact) mass is 530 g/mol. The fraction of sp³-hybridized carbons (Fsp3) is 0.300. The first-order valence-corrected chi connectivity index (χ1v) is 15.1. The maximum Gasteiger partial charge on any atom is 0.261 e. The van der Waals surface area contributed by atoms with E-state index in [2.05, 4.69) is 116 Å². The van der Waals surface area contributed by atoms with Crippen LogP contribution in [0.25, 0.3) is 0 Å². The van der Waals surface area contributed by atoms with Crippen LogP contribution < -0.4 is 27.2 Å². The van der Waals surface area contributed by atoms with Crippen LogP contribution in [0.1, 0.15) is 56.8 Å². The van der Waals surface area contributed by atoms with Gasteiger partial charge in [0.15, 0.2) is 0 Å². The zero-order valence-corrected chi connectivity index (χ0v) is 23.4. The minimum absolute atomic E-state index is 0.0791. The van der Waals surface area contributed by atoms with Crippen LogP contribution in [0.4, 0.5) is 0 Å². The summed E-state index contributed by atoms with van der Waals surface area (Å²) < 4.78 is 7.53. The highest BCUT2D eigenvalue weighted by Gasteiger charge is 2.53. The van der Waals surface area contributed by atoms with Gasteiger partial charge in [-0.25, -0.2) is 4.99 Å². The van der Waals surface area contributed by atoms with E-state index in [4.69, 9.17) is 27.5 Å². The summed E-state index contributed by atoms with van der Waals surface area (Å²) in [6.07, 6.45) is 3.19. The van der Waals surface area contributed by atoms with Crippen LogP contribution in [0.2, 0.25) is 5.04 Å². The topological polar surface area (TPSA) is 85.7 Å². The van der Waals surface area contributed by atoms with E-state index in [-0.39, 0.29) is 22.9 Å². The maximum absolute atomic E-state index is 7.53. The Morgan fingerprint density at radius 2 is 1.41 bits per heavy atom. The van der Waals surface area contributed by atoms with Gasteiger partial charge >= 0.3 is 0 Å². The predicted molar refractivity (Wildman–Crippen MR) is 155 cm³/mol. The van der Waals surface area contributed by atoms with Gasteiger partial charge in [-0.15, -0.1) is 0 Å². The van der Waals surface area contributed by atoms with Crippen LogP contribution in [-0.4, -0.2) is 19.3 Å². The summed E-state index contributed by atoms with van der Waals surface area (Å²) in [5.41, 5.74) is 14.7. The Kier molecular flexibility index (Phi) is 6.69. The van der Waals surface area contributed by atoms with Gasteiger partial charge in [-0.3, -0.25) is 0 Å². The van der Waals surface area contributed by atoms with E-state index in [0.29, 0.717) is 5.70 Å². The summed E-state index contributed by atoms with van der Waals surface area (Å²) in [5.74, 6) is 0.171. The van der Waals surface area contributed by atoms with Gasteiger partial charge in [0, 0.05) is 12.1 Å². The number of benzene rings is 3. The van der Waals surface area contributed by atoms with Gasteiger partial charge in [-0.05, 0) is 39.4 Å². The lowest BCUT2D eigenvalue weighted by atomic mass is 9.79. The van der Waals surface area contributed by atoms with Crippen molar-refractivity contribution in [3.8, 4) is 0 Å². The first kappa shape index (κ1) is 25.6. The third kappa shape index (κ3) is 4.47. The molecule has 3 atom stereocenters. The van der Waals surface area contributed by atoms with Gasteiger partial charge in [0.2, 0.25) is 5.12 Å². The number of hydrogen-bond donors (Lipinski definition) is 3. The number of aliphatic imine (C=N–C) groups is 1. The van der Waals surface area contributed by atoms with E-state index in [0.717, 1.165) is 24.0 Å². The second-order valence-corrected chi connectivity index (χ2v) is 15.8. The minimum Gasteiger partial charge on any atom is -0.400 e. The normalized spacial score (nSPS) is 23.9. The van der Waals surface area contributed by atoms with Gasteiger partial charge in [0.25, 0.3) is 8.32 Å². The quantitative estimate of drug-likeness (QED) is 0.250. The zero-order valence-electron chi connectivity index (χ0n) is 21.6. The van der Waals surface area contributed by atoms with Crippen molar-refractivity contribution in [1.82, 2.24) is 5.32 Å². The Bertz CT molecular complexity index is 1280. The molecule has 5 N–H and O–H groups in total. The average molecular weight is 531 g/mol. The van der Waals surface area contributed by atoms with E-state index in [9.17, 15) is 0 Å². The number of fused-ring (bicyclic) bond motifs is 1. The van der Waals surface area contributed by atoms with Crippen LogP contribution in [-0.2, 0) is 4.43 Å². The van der Waals surface area contributed by atoms with Crippen LogP contribution in [0, 0.1) is 0 Å². The van der Waals surface area contributed by atoms with E-state index < -0.39 is 13.4 Å². The number of amidine groups is 1. The maximum atomic E-state index is 7.53. The third-order valence-electron chi connectivity index (χ3n) is 7.64. The molecule has 192 valence electrons. The van der Waals surface area contributed by atoms with E-state index >= 15 is 0 Å². The molecule has 5 rings (SSSR count). The van der Waals surface area contributed by atoms with Crippen molar-refractivity contribution in [2.24, 2.45) is 16.5 Å². The molecule has 0 spiro atoms. The Morgan fingerprint density at radius 3 is 1.95 bits per heavy atom. The third-order valence-corrected chi connectivity index (χ3v) is 13.1. The van der Waals surface area contributed by atoms with Crippen molar-refractivity contribution in [2.75, 3.05) is 0 Å². The lowest BCUT2D eigenvalue weighted by Crippen LogP contribution is -2.67. The molecule has 0 radical (unpaired) electrons. The number of nitrogens with two attached hydrogens (primary N) is 2. The number of alkyl halides is 1. The molecule has 0 aromatic heterocycles. The van der Waals surface area contributed by atoms with Gasteiger partial charge in [0.05, 0.1) is 11.8 Å². The summed E-state index contributed by atoms with van der Waals surface area (Å²) in [6, 6.07) is 30.0. The van der Waals surface area contributed by atoms with E-state index in [1.165, 1.54) is 10.4 Å². The number of nitrogens with one attached hydrogen (secondary N) is 1. The Balaban J connectivity index is 1.61. The zero-order chi connectivity index (χ0) is 26.3. The SMILES string of the molecule is CC(C)(C)[Si](O[C@@H]1CC[C@@H](C2(Cl)N=C(N)C(N)=CN2)c2ccccc21)(c1ccccc1)c1ccccc1. The number of nitrogens with zero attached hydrogens (tertiary/aromatic N) is 1. The summed E-state index contributed by atoms with van der Waals surface area (Å²) >= 11 is 7.08. The lowest BCUT2D eigenvalue weighted by molar-refractivity contribution is 0.157. The van der Waals surface area contributed by atoms with Crippen molar-refractivity contribution in [3.63, 3.8) is 0 Å². The van der Waals surface area contributed by atoms with Crippen LogP contribution >= 0.6 is 11.6 Å². The van der Waals surface area contributed by atoms with Crippen LogP contribution in [0.5, 0.6) is 0 Å². The molecule has 3 aromatic carbocycles. The van der Waals surface area contributed by atoms with Crippen molar-refractivity contribution in [1.29, 1.82) is 0 Å². The molecule has 1 aliphatic heterocycles. The van der Waals surface area contributed by atoms with Gasteiger partial charge < -0.3 is 21.2 Å². The molecule has 0 bridgehead atoms. The highest BCUT2D eigenvalue weighted by atomic mass is 35.5.